The molecular formula is C15H14IN3. The average molecular weight is 363 g/mol. The predicted octanol–water partition coefficient (Wildman–Crippen LogP) is 3.15. The molecule has 4 heteroatoms. The Labute approximate surface area is 125 Å². The minimum Gasteiger partial charge on any atom is -0.328 e. The Hall–Kier alpha value is -1.40. The maximum Gasteiger partial charge on any atom is 0.140 e. The number of rotatable bonds is 3. The fourth-order valence-electron chi connectivity index (χ4n) is 2.26. The molecule has 2 aromatic heterocycles. The molecule has 0 saturated heterocycles. The average Bonchev–Trinajstić information content (AvgIpc) is 2.80. The van der Waals surface area contributed by atoms with E-state index in [9.17, 15) is 0 Å². The lowest BCUT2D eigenvalue weighted by Crippen LogP contribution is -1.99. The van der Waals surface area contributed by atoms with Gasteiger partial charge in [0, 0.05) is 34.4 Å². The highest BCUT2D eigenvalue weighted by Gasteiger charge is 2.08. The van der Waals surface area contributed by atoms with Crippen molar-refractivity contribution in [1.82, 2.24) is 9.55 Å². The van der Waals surface area contributed by atoms with E-state index in [1.807, 2.05) is 12.3 Å². The summed E-state index contributed by atoms with van der Waals surface area (Å²) >= 11 is 2.32. The van der Waals surface area contributed by atoms with E-state index in [2.05, 4.69) is 68.7 Å². The van der Waals surface area contributed by atoms with Crippen molar-refractivity contribution in [3.63, 3.8) is 0 Å². The second kappa shape index (κ2) is 5.30. The number of halogens is 1. The topological polar surface area (TPSA) is 43.8 Å². The first-order valence-corrected chi connectivity index (χ1v) is 7.23. The quantitative estimate of drug-likeness (QED) is 0.727. The third-order valence-electron chi connectivity index (χ3n) is 3.20. The number of pyridine rings is 1. The van der Waals surface area contributed by atoms with Gasteiger partial charge in [-0.3, -0.25) is 0 Å². The summed E-state index contributed by atoms with van der Waals surface area (Å²) in [5, 5.41) is 1.15. The molecule has 0 radical (unpaired) electrons. The smallest absolute Gasteiger partial charge is 0.140 e. The molecule has 19 heavy (non-hydrogen) atoms. The van der Waals surface area contributed by atoms with Crippen LogP contribution in [-0.2, 0) is 13.1 Å². The minimum absolute atomic E-state index is 0.544. The molecule has 3 nitrogen and oxygen atoms in total. The standard InChI is InChI=1S/C15H14IN3/c16-13-5-3-11(4-6-13)9-19-10-12(8-17)14-2-1-7-18-15(14)19/h1-7,10H,8-9,17H2. The highest BCUT2D eigenvalue weighted by molar-refractivity contribution is 14.1. The molecule has 0 spiro atoms. The largest absolute Gasteiger partial charge is 0.328 e. The zero-order chi connectivity index (χ0) is 13.2. The normalized spacial score (nSPS) is 11.1. The molecule has 0 unspecified atom stereocenters. The van der Waals surface area contributed by atoms with Crippen LogP contribution in [-0.4, -0.2) is 9.55 Å². The summed E-state index contributed by atoms with van der Waals surface area (Å²) in [6.45, 7) is 1.37. The van der Waals surface area contributed by atoms with Crippen LogP contribution in [0.1, 0.15) is 11.1 Å². The molecule has 96 valence electrons. The number of nitrogens with two attached hydrogens (primary N) is 1. The molecule has 0 saturated carbocycles. The minimum atomic E-state index is 0.544. The molecule has 3 aromatic rings. The number of benzene rings is 1. The van der Waals surface area contributed by atoms with Crippen LogP contribution in [0, 0.1) is 3.57 Å². The molecule has 0 bridgehead atoms. The third kappa shape index (κ3) is 2.50. The monoisotopic (exact) mass is 363 g/mol. The van der Waals surface area contributed by atoms with Crippen LogP contribution in [0.5, 0.6) is 0 Å². The van der Waals surface area contributed by atoms with Gasteiger partial charge in [0.2, 0.25) is 0 Å². The Kier molecular flexibility index (Phi) is 3.52. The van der Waals surface area contributed by atoms with Gasteiger partial charge in [-0.1, -0.05) is 12.1 Å². The van der Waals surface area contributed by atoms with E-state index in [1.165, 1.54) is 9.13 Å². The summed E-state index contributed by atoms with van der Waals surface area (Å²) in [4.78, 5) is 4.47. The summed E-state index contributed by atoms with van der Waals surface area (Å²) < 4.78 is 3.42. The van der Waals surface area contributed by atoms with Gasteiger partial charge in [-0.2, -0.15) is 0 Å². The van der Waals surface area contributed by atoms with E-state index in [1.54, 1.807) is 0 Å². The van der Waals surface area contributed by atoms with Gasteiger partial charge in [-0.15, -0.1) is 0 Å². The number of hydrogen-bond acceptors (Lipinski definition) is 2. The van der Waals surface area contributed by atoms with Crippen molar-refractivity contribution in [2.75, 3.05) is 0 Å². The van der Waals surface area contributed by atoms with Crippen LogP contribution in [0.2, 0.25) is 0 Å². The first-order chi connectivity index (χ1) is 9.28. The highest BCUT2D eigenvalue weighted by Crippen LogP contribution is 2.20. The number of nitrogens with zero attached hydrogens (tertiary/aromatic N) is 2. The summed E-state index contributed by atoms with van der Waals surface area (Å²) in [5.41, 5.74) is 9.22. The van der Waals surface area contributed by atoms with Crippen molar-refractivity contribution in [2.45, 2.75) is 13.1 Å². The SMILES string of the molecule is NCc1cn(Cc2ccc(I)cc2)c2ncccc12. The lowest BCUT2D eigenvalue weighted by molar-refractivity contribution is 0.819. The van der Waals surface area contributed by atoms with E-state index in [0.717, 1.165) is 23.1 Å². The van der Waals surface area contributed by atoms with E-state index < -0.39 is 0 Å². The molecule has 3 rings (SSSR count). The van der Waals surface area contributed by atoms with Crippen molar-refractivity contribution in [3.8, 4) is 0 Å². The lowest BCUT2D eigenvalue weighted by Gasteiger charge is -2.04. The van der Waals surface area contributed by atoms with Gasteiger partial charge in [-0.05, 0) is 58.0 Å². The van der Waals surface area contributed by atoms with Crippen LogP contribution >= 0.6 is 22.6 Å². The van der Waals surface area contributed by atoms with Crippen LogP contribution in [0.15, 0.2) is 48.8 Å². The van der Waals surface area contributed by atoms with E-state index in [0.29, 0.717) is 6.54 Å². The Bertz CT molecular complexity index is 701. The summed E-state index contributed by atoms with van der Waals surface area (Å²) in [5.74, 6) is 0. The second-order valence-electron chi connectivity index (χ2n) is 4.49. The number of aromatic nitrogens is 2. The van der Waals surface area contributed by atoms with Crippen LogP contribution in [0.25, 0.3) is 11.0 Å². The number of fused-ring (bicyclic) bond motifs is 1. The first-order valence-electron chi connectivity index (χ1n) is 6.15. The molecule has 0 aliphatic heterocycles. The van der Waals surface area contributed by atoms with Crippen molar-refractivity contribution in [3.05, 3.63) is 63.5 Å². The third-order valence-corrected chi connectivity index (χ3v) is 3.92. The maximum absolute atomic E-state index is 5.80. The Balaban J connectivity index is 2.03. The Morgan fingerprint density at radius 2 is 1.95 bits per heavy atom. The first kappa shape index (κ1) is 12.6. The fraction of sp³-hybridized carbons (Fsp3) is 0.133. The fourth-order valence-corrected chi connectivity index (χ4v) is 2.62. The Morgan fingerprint density at radius 1 is 1.16 bits per heavy atom. The predicted molar refractivity (Wildman–Crippen MR) is 85.9 cm³/mol. The lowest BCUT2D eigenvalue weighted by atomic mass is 10.2. The van der Waals surface area contributed by atoms with Crippen LogP contribution in [0.4, 0.5) is 0 Å². The number of hydrogen-bond donors (Lipinski definition) is 1. The molecule has 0 aliphatic carbocycles. The molecule has 0 fully saturated rings. The molecule has 0 atom stereocenters. The van der Waals surface area contributed by atoms with E-state index >= 15 is 0 Å². The van der Waals surface area contributed by atoms with Crippen molar-refractivity contribution in [1.29, 1.82) is 0 Å². The van der Waals surface area contributed by atoms with Crippen molar-refractivity contribution in [2.24, 2.45) is 5.73 Å². The van der Waals surface area contributed by atoms with E-state index in [-0.39, 0.29) is 0 Å². The molecule has 1 aromatic carbocycles. The zero-order valence-corrected chi connectivity index (χ0v) is 12.5. The van der Waals surface area contributed by atoms with Gasteiger partial charge >= 0.3 is 0 Å². The van der Waals surface area contributed by atoms with Gasteiger partial charge in [0.25, 0.3) is 0 Å². The van der Waals surface area contributed by atoms with Gasteiger partial charge in [0.1, 0.15) is 5.65 Å². The van der Waals surface area contributed by atoms with E-state index in [4.69, 9.17) is 5.73 Å². The van der Waals surface area contributed by atoms with Gasteiger partial charge in [0.15, 0.2) is 0 Å². The van der Waals surface area contributed by atoms with Gasteiger partial charge in [0.05, 0.1) is 0 Å². The van der Waals surface area contributed by atoms with Gasteiger partial charge in [-0.25, -0.2) is 4.98 Å². The van der Waals surface area contributed by atoms with Crippen LogP contribution in [0.3, 0.4) is 0 Å². The molecule has 2 heterocycles. The second-order valence-corrected chi connectivity index (χ2v) is 5.73. The van der Waals surface area contributed by atoms with Gasteiger partial charge < -0.3 is 10.3 Å². The van der Waals surface area contributed by atoms with Crippen LogP contribution < -0.4 is 5.73 Å². The summed E-state index contributed by atoms with van der Waals surface area (Å²) in [6, 6.07) is 12.6. The maximum atomic E-state index is 5.80. The van der Waals surface area contributed by atoms with Crippen molar-refractivity contribution < 1.29 is 0 Å². The molecule has 2 N–H and O–H groups in total. The summed E-state index contributed by atoms with van der Waals surface area (Å²) in [6.07, 6.45) is 3.93. The van der Waals surface area contributed by atoms with Crippen molar-refractivity contribution >= 4 is 33.6 Å². The zero-order valence-electron chi connectivity index (χ0n) is 10.4. The molecule has 0 aliphatic rings. The summed E-state index contributed by atoms with van der Waals surface area (Å²) in [7, 11) is 0. The molecular weight excluding hydrogens is 349 g/mol. The Morgan fingerprint density at radius 3 is 2.68 bits per heavy atom. The highest BCUT2D eigenvalue weighted by atomic mass is 127. The molecule has 0 amide bonds.